The molecule has 0 radical (unpaired) electrons. The molecular weight excluding hydrogens is 312 g/mol. The Balaban J connectivity index is 1.49. The number of aliphatic imine (C=N–C) groups is 1. The molecule has 3 fully saturated rings. The summed E-state index contributed by atoms with van der Waals surface area (Å²) < 4.78 is 0. The summed E-state index contributed by atoms with van der Waals surface area (Å²) >= 11 is 0. The maximum absolute atomic E-state index is 11.7. The summed E-state index contributed by atoms with van der Waals surface area (Å²) in [7, 11) is 1.89. The van der Waals surface area contributed by atoms with Gasteiger partial charge in [0.1, 0.15) is 0 Å². The molecule has 5 nitrogen and oxygen atoms in total. The number of hydrogen-bond donors (Lipinski definition) is 2. The Morgan fingerprint density at radius 1 is 1.36 bits per heavy atom. The van der Waals surface area contributed by atoms with Crippen LogP contribution in [-0.2, 0) is 4.79 Å². The Morgan fingerprint density at radius 2 is 2.12 bits per heavy atom. The molecule has 2 saturated heterocycles. The van der Waals surface area contributed by atoms with Gasteiger partial charge in [-0.05, 0) is 56.3 Å². The lowest BCUT2D eigenvalue weighted by Gasteiger charge is -2.41. The number of carbonyl (C=O) groups excluding carboxylic acids is 1. The normalized spacial score (nSPS) is 33.8. The maximum atomic E-state index is 11.7. The fraction of sp³-hybridized carbons (Fsp3) is 0.900. The van der Waals surface area contributed by atoms with Crippen molar-refractivity contribution >= 4 is 11.9 Å². The van der Waals surface area contributed by atoms with Crippen molar-refractivity contribution < 1.29 is 4.79 Å². The number of carbonyl (C=O) groups is 1. The first-order valence-corrected chi connectivity index (χ1v) is 10.2. The van der Waals surface area contributed by atoms with E-state index < -0.39 is 0 Å². The van der Waals surface area contributed by atoms with Crippen LogP contribution in [0.1, 0.15) is 58.8 Å². The standard InChI is InChI=1S/C20H36N4O/c1-15(2)17-7-5-16(6-8-17)12-22-19(21-3)24-10-4-9-20(14-24)11-18(25)23-13-20/h15-17H,4-14H2,1-3H3,(H,21,22)(H,23,25). The van der Waals surface area contributed by atoms with Crippen molar-refractivity contribution in [3.63, 3.8) is 0 Å². The van der Waals surface area contributed by atoms with Gasteiger partial charge in [0.15, 0.2) is 5.96 Å². The van der Waals surface area contributed by atoms with Crippen LogP contribution in [0, 0.1) is 23.2 Å². The third-order valence-corrected chi connectivity index (χ3v) is 6.75. The smallest absolute Gasteiger partial charge is 0.220 e. The van der Waals surface area contributed by atoms with Crippen molar-refractivity contribution in [2.75, 3.05) is 33.2 Å². The summed E-state index contributed by atoms with van der Waals surface area (Å²) in [6, 6.07) is 0. The van der Waals surface area contributed by atoms with Gasteiger partial charge in [0.25, 0.3) is 0 Å². The van der Waals surface area contributed by atoms with Gasteiger partial charge < -0.3 is 15.5 Å². The summed E-state index contributed by atoms with van der Waals surface area (Å²) in [5.41, 5.74) is 0.127. The van der Waals surface area contributed by atoms with E-state index in [0.717, 1.165) is 62.7 Å². The van der Waals surface area contributed by atoms with Crippen LogP contribution in [0.4, 0.5) is 0 Å². The summed E-state index contributed by atoms with van der Waals surface area (Å²) in [4.78, 5) is 18.6. The van der Waals surface area contributed by atoms with Crippen molar-refractivity contribution in [3.05, 3.63) is 0 Å². The maximum Gasteiger partial charge on any atom is 0.220 e. The number of hydrogen-bond acceptors (Lipinski definition) is 2. The van der Waals surface area contributed by atoms with Gasteiger partial charge in [-0.2, -0.15) is 0 Å². The first kappa shape index (κ1) is 18.5. The molecule has 0 aromatic carbocycles. The van der Waals surface area contributed by atoms with E-state index >= 15 is 0 Å². The number of piperidine rings is 1. The van der Waals surface area contributed by atoms with E-state index in [0.29, 0.717) is 6.42 Å². The summed E-state index contributed by atoms with van der Waals surface area (Å²) in [6.07, 6.45) is 8.42. The third kappa shape index (κ3) is 4.48. The molecule has 0 bridgehead atoms. The van der Waals surface area contributed by atoms with Crippen molar-refractivity contribution in [1.29, 1.82) is 0 Å². The highest BCUT2D eigenvalue weighted by atomic mass is 16.1. The topological polar surface area (TPSA) is 56.7 Å². The van der Waals surface area contributed by atoms with Gasteiger partial charge >= 0.3 is 0 Å². The first-order valence-electron chi connectivity index (χ1n) is 10.2. The van der Waals surface area contributed by atoms with E-state index in [-0.39, 0.29) is 11.3 Å². The Hall–Kier alpha value is -1.26. The average Bonchev–Trinajstić information content (AvgIpc) is 2.96. The fourth-order valence-corrected chi connectivity index (χ4v) is 5.06. The van der Waals surface area contributed by atoms with Crippen LogP contribution < -0.4 is 10.6 Å². The fourth-order valence-electron chi connectivity index (χ4n) is 5.06. The van der Waals surface area contributed by atoms with Gasteiger partial charge in [-0.15, -0.1) is 0 Å². The van der Waals surface area contributed by atoms with E-state index in [1.807, 2.05) is 7.05 Å². The molecule has 0 aromatic heterocycles. The molecule has 1 unspecified atom stereocenters. The molecule has 142 valence electrons. The minimum absolute atomic E-state index is 0.127. The number of likely N-dealkylation sites (tertiary alicyclic amines) is 1. The molecule has 1 saturated carbocycles. The minimum Gasteiger partial charge on any atom is -0.356 e. The van der Waals surface area contributed by atoms with Gasteiger partial charge in [-0.3, -0.25) is 9.79 Å². The molecule has 1 amide bonds. The molecule has 1 spiro atoms. The third-order valence-electron chi connectivity index (χ3n) is 6.75. The van der Waals surface area contributed by atoms with Gasteiger partial charge in [0.2, 0.25) is 5.91 Å². The van der Waals surface area contributed by atoms with E-state index in [2.05, 4.69) is 34.4 Å². The molecule has 25 heavy (non-hydrogen) atoms. The second kappa shape index (κ2) is 7.96. The largest absolute Gasteiger partial charge is 0.356 e. The number of guanidine groups is 1. The molecule has 3 rings (SSSR count). The molecule has 1 atom stereocenters. The van der Waals surface area contributed by atoms with E-state index in [4.69, 9.17) is 0 Å². The van der Waals surface area contributed by atoms with Crippen LogP contribution in [0.3, 0.4) is 0 Å². The molecular formula is C20H36N4O. The Morgan fingerprint density at radius 3 is 2.72 bits per heavy atom. The highest BCUT2D eigenvalue weighted by molar-refractivity contribution is 5.81. The van der Waals surface area contributed by atoms with Crippen molar-refractivity contribution in [3.8, 4) is 0 Å². The van der Waals surface area contributed by atoms with Crippen LogP contribution in [0.15, 0.2) is 4.99 Å². The zero-order valence-electron chi connectivity index (χ0n) is 16.3. The van der Waals surface area contributed by atoms with Gasteiger partial charge in [0, 0.05) is 45.1 Å². The molecule has 1 aliphatic carbocycles. The minimum atomic E-state index is 0.127. The van der Waals surface area contributed by atoms with Gasteiger partial charge in [-0.1, -0.05) is 13.8 Å². The molecule has 2 heterocycles. The average molecular weight is 349 g/mol. The molecule has 2 N–H and O–H groups in total. The number of nitrogens with zero attached hydrogens (tertiary/aromatic N) is 2. The lowest BCUT2D eigenvalue weighted by molar-refractivity contribution is -0.119. The summed E-state index contributed by atoms with van der Waals surface area (Å²) in [5, 5.41) is 6.67. The number of nitrogens with one attached hydrogen (secondary N) is 2. The van der Waals surface area contributed by atoms with Crippen molar-refractivity contribution in [2.24, 2.45) is 28.2 Å². The van der Waals surface area contributed by atoms with E-state index in [1.165, 1.54) is 25.7 Å². The molecule has 0 aromatic rings. The second-order valence-corrected chi connectivity index (χ2v) is 8.93. The number of rotatable bonds is 3. The van der Waals surface area contributed by atoms with Crippen LogP contribution >= 0.6 is 0 Å². The molecule has 3 aliphatic rings. The van der Waals surface area contributed by atoms with Crippen LogP contribution in [-0.4, -0.2) is 50.0 Å². The van der Waals surface area contributed by atoms with Crippen LogP contribution in [0.5, 0.6) is 0 Å². The van der Waals surface area contributed by atoms with Crippen LogP contribution in [0.2, 0.25) is 0 Å². The highest BCUT2D eigenvalue weighted by Gasteiger charge is 2.42. The lowest BCUT2D eigenvalue weighted by Crippen LogP contribution is -2.52. The predicted molar refractivity (Wildman–Crippen MR) is 103 cm³/mol. The number of amides is 1. The Kier molecular flexibility index (Phi) is 5.90. The van der Waals surface area contributed by atoms with Gasteiger partial charge in [0.05, 0.1) is 0 Å². The highest BCUT2D eigenvalue weighted by Crippen LogP contribution is 2.36. The zero-order valence-corrected chi connectivity index (χ0v) is 16.3. The van der Waals surface area contributed by atoms with Crippen LogP contribution in [0.25, 0.3) is 0 Å². The molecule has 5 heteroatoms. The summed E-state index contributed by atoms with van der Waals surface area (Å²) in [5.74, 6) is 3.77. The van der Waals surface area contributed by atoms with E-state index in [9.17, 15) is 4.79 Å². The lowest BCUT2D eigenvalue weighted by atomic mass is 9.77. The zero-order chi connectivity index (χ0) is 17.9. The van der Waals surface area contributed by atoms with E-state index in [1.54, 1.807) is 0 Å². The second-order valence-electron chi connectivity index (χ2n) is 8.93. The quantitative estimate of drug-likeness (QED) is 0.609. The Bertz CT molecular complexity index is 496. The first-order chi connectivity index (χ1) is 12.0. The van der Waals surface area contributed by atoms with Gasteiger partial charge in [-0.25, -0.2) is 0 Å². The monoisotopic (exact) mass is 348 g/mol. The van der Waals surface area contributed by atoms with Crippen molar-refractivity contribution in [2.45, 2.75) is 58.8 Å². The Labute approximate surface area is 153 Å². The van der Waals surface area contributed by atoms with Crippen molar-refractivity contribution in [1.82, 2.24) is 15.5 Å². The SMILES string of the molecule is CN=C(NCC1CCC(C(C)C)CC1)N1CCCC2(CNC(=O)C2)C1. The molecule has 2 aliphatic heterocycles. The predicted octanol–water partition coefficient (Wildman–Crippen LogP) is 2.63. The summed E-state index contributed by atoms with van der Waals surface area (Å²) in [6.45, 7) is 8.59.